The minimum absolute atomic E-state index is 0.111. The number of thioether (sulfide) groups is 1. The molecule has 1 aliphatic heterocycles. The zero-order valence-corrected chi connectivity index (χ0v) is 19.2. The molecule has 9 heteroatoms. The smallest absolute Gasteiger partial charge is 0.416 e. The van der Waals surface area contributed by atoms with Gasteiger partial charge in [0.15, 0.2) is 0 Å². The monoisotopic (exact) mass is 486 g/mol. The molecule has 1 aliphatic rings. The second kappa shape index (κ2) is 9.42. The van der Waals surface area contributed by atoms with Crippen molar-refractivity contribution in [2.75, 3.05) is 13.2 Å². The molecule has 4 rings (SSSR count). The number of para-hydroxylation sites is 1. The number of hydrogen-bond acceptors (Lipinski definition) is 4. The van der Waals surface area contributed by atoms with Crippen LogP contribution in [-0.4, -0.2) is 33.8 Å². The van der Waals surface area contributed by atoms with Crippen LogP contribution in [0.15, 0.2) is 65.6 Å². The highest BCUT2D eigenvalue weighted by Gasteiger charge is 2.35. The van der Waals surface area contributed by atoms with Gasteiger partial charge in [0.2, 0.25) is 0 Å². The number of aromatic nitrogens is 1. The Morgan fingerprint density at radius 2 is 1.74 bits per heavy atom. The summed E-state index contributed by atoms with van der Waals surface area (Å²) >= 11 is 0.833. The lowest BCUT2D eigenvalue weighted by Crippen LogP contribution is -2.32. The van der Waals surface area contributed by atoms with Crippen molar-refractivity contribution in [3.63, 3.8) is 0 Å². The lowest BCUT2D eigenvalue weighted by Gasteiger charge is -2.13. The van der Waals surface area contributed by atoms with E-state index in [1.807, 2.05) is 18.2 Å². The van der Waals surface area contributed by atoms with E-state index < -0.39 is 17.6 Å². The van der Waals surface area contributed by atoms with Crippen molar-refractivity contribution in [3.05, 3.63) is 88.1 Å². The predicted octanol–water partition coefficient (Wildman–Crippen LogP) is 6.23. The molecule has 5 nitrogen and oxygen atoms in total. The fourth-order valence-electron chi connectivity index (χ4n) is 3.76. The van der Waals surface area contributed by atoms with Gasteiger partial charge in [0, 0.05) is 17.1 Å². The van der Waals surface area contributed by atoms with Gasteiger partial charge in [0.05, 0.1) is 17.0 Å². The number of benzene rings is 2. The molecule has 2 heterocycles. The van der Waals surface area contributed by atoms with Crippen LogP contribution in [0.1, 0.15) is 22.5 Å². The number of nitrogens with zero attached hydrogens (tertiary/aromatic N) is 2. The maximum absolute atomic E-state index is 13.2. The minimum atomic E-state index is -4.45. The van der Waals surface area contributed by atoms with Crippen LogP contribution in [0.2, 0.25) is 0 Å². The largest absolute Gasteiger partial charge is 0.492 e. The molecule has 1 saturated heterocycles. The van der Waals surface area contributed by atoms with Crippen molar-refractivity contribution >= 4 is 29.0 Å². The van der Waals surface area contributed by atoms with Gasteiger partial charge < -0.3 is 9.30 Å². The summed E-state index contributed by atoms with van der Waals surface area (Å²) in [5.74, 6) is 0.225. The molecule has 0 saturated carbocycles. The van der Waals surface area contributed by atoms with E-state index in [2.05, 4.69) is 0 Å². The first-order chi connectivity index (χ1) is 16.1. The minimum Gasteiger partial charge on any atom is -0.492 e. The molecule has 2 aromatic carbocycles. The number of carbonyl (C=O) groups is 2. The zero-order valence-electron chi connectivity index (χ0n) is 18.4. The van der Waals surface area contributed by atoms with Crippen LogP contribution < -0.4 is 4.74 Å². The van der Waals surface area contributed by atoms with Gasteiger partial charge in [-0.2, -0.15) is 13.2 Å². The third kappa shape index (κ3) is 4.89. The van der Waals surface area contributed by atoms with Crippen LogP contribution in [0.4, 0.5) is 18.0 Å². The van der Waals surface area contributed by atoms with Gasteiger partial charge in [-0.05, 0) is 73.6 Å². The van der Waals surface area contributed by atoms with E-state index in [-0.39, 0.29) is 23.3 Å². The van der Waals surface area contributed by atoms with Crippen molar-refractivity contribution < 1.29 is 27.5 Å². The Bertz CT molecular complexity index is 1270. The summed E-state index contributed by atoms with van der Waals surface area (Å²) in [6, 6.07) is 15.9. The number of ether oxygens (including phenoxy) is 1. The number of imide groups is 1. The highest BCUT2D eigenvalue weighted by Crippen LogP contribution is 2.35. The summed E-state index contributed by atoms with van der Waals surface area (Å²) in [6.45, 7) is 3.81. The molecule has 0 spiro atoms. The highest BCUT2D eigenvalue weighted by atomic mass is 32.2. The first-order valence-electron chi connectivity index (χ1n) is 10.4. The Morgan fingerprint density at radius 1 is 1.00 bits per heavy atom. The molecule has 2 amide bonds. The standard InChI is InChI=1S/C25H21F3N2O3S/c1-16-13-18(17(2)30(16)20-8-6-7-19(15-20)25(26,27)28)14-22-23(31)29(24(32)34-22)11-12-33-21-9-4-3-5-10-21/h3-10,13-15H,11-12H2,1-2H3/b22-14-. The number of carbonyl (C=O) groups excluding carboxylic acids is 2. The number of halogens is 3. The van der Waals surface area contributed by atoms with Crippen molar-refractivity contribution in [1.29, 1.82) is 0 Å². The molecular weight excluding hydrogens is 465 g/mol. The number of alkyl halides is 3. The summed E-state index contributed by atoms with van der Waals surface area (Å²) in [7, 11) is 0. The van der Waals surface area contributed by atoms with E-state index in [4.69, 9.17) is 4.74 Å². The van der Waals surface area contributed by atoms with Gasteiger partial charge in [0.1, 0.15) is 12.4 Å². The molecule has 1 fully saturated rings. The number of aryl methyl sites for hydroxylation is 1. The van der Waals surface area contributed by atoms with Gasteiger partial charge >= 0.3 is 6.18 Å². The lowest BCUT2D eigenvalue weighted by atomic mass is 10.2. The molecule has 0 bridgehead atoms. The Balaban J connectivity index is 1.53. The van der Waals surface area contributed by atoms with Crippen LogP contribution in [-0.2, 0) is 11.0 Å². The molecule has 0 N–H and O–H groups in total. The first-order valence-corrected chi connectivity index (χ1v) is 11.3. The van der Waals surface area contributed by atoms with Crippen LogP contribution in [0.5, 0.6) is 5.75 Å². The van der Waals surface area contributed by atoms with Crippen LogP contribution >= 0.6 is 11.8 Å². The molecule has 0 aliphatic carbocycles. The van der Waals surface area contributed by atoms with Crippen LogP contribution in [0, 0.1) is 13.8 Å². The third-order valence-electron chi connectivity index (χ3n) is 5.39. The van der Waals surface area contributed by atoms with E-state index >= 15 is 0 Å². The van der Waals surface area contributed by atoms with Gasteiger partial charge in [-0.1, -0.05) is 24.3 Å². The van der Waals surface area contributed by atoms with Gasteiger partial charge in [-0.15, -0.1) is 0 Å². The van der Waals surface area contributed by atoms with Gasteiger partial charge in [0.25, 0.3) is 11.1 Å². The summed E-state index contributed by atoms with van der Waals surface area (Å²) in [5, 5.41) is -0.389. The molecule has 3 aromatic rings. The average Bonchev–Trinajstić information content (AvgIpc) is 3.23. The van der Waals surface area contributed by atoms with Crippen molar-refractivity contribution in [3.8, 4) is 11.4 Å². The van der Waals surface area contributed by atoms with Gasteiger partial charge in [-0.3, -0.25) is 14.5 Å². The Morgan fingerprint density at radius 3 is 2.44 bits per heavy atom. The molecule has 0 radical (unpaired) electrons. The molecule has 0 atom stereocenters. The summed E-state index contributed by atoms with van der Waals surface area (Å²) < 4.78 is 46.7. The van der Waals surface area contributed by atoms with Crippen LogP contribution in [0.25, 0.3) is 11.8 Å². The van der Waals surface area contributed by atoms with Crippen molar-refractivity contribution in [2.24, 2.45) is 0 Å². The number of rotatable bonds is 6. The fourth-order valence-corrected chi connectivity index (χ4v) is 4.61. The normalized spacial score (nSPS) is 15.4. The van der Waals surface area contributed by atoms with Crippen LogP contribution in [0.3, 0.4) is 0 Å². The molecule has 1 aromatic heterocycles. The average molecular weight is 487 g/mol. The van der Waals surface area contributed by atoms with Gasteiger partial charge in [-0.25, -0.2) is 0 Å². The fraction of sp³-hybridized carbons (Fsp3) is 0.200. The topological polar surface area (TPSA) is 51.5 Å². The lowest BCUT2D eigenvalue weighted by molar-refractivity contribution is -0.137. The summed E-state index contributed by atoms with van der Waals surface area (Å²) in [6.07, 6.45) is -2.84. The number of amides is 2. The SMILES string of the molecule is Cc1cc(/C=C2\SC(=O)N(CCOc3ccccc3)C2=O)c(C)n1-c1cccc(C(F)(F)F)c1. The maximum Gasteiger partial charge on any atom is 0.416 e. The third-order valence-corrected chi connectivity index (χ3v) is 6.30. The Labute approximate surface area is 198 Å². The highest BCUT2D eigenvalue weighted by molar-refractivity contribution is 8.18. The van der Waals surface area contributed by atoms with Crippen molar-refractivity contribution in [1.82, 2.24) is 9.47 Å². The van der Waals surface area contributed by atoms with Crippen molar-refractivity contribution in [2.45, 2.75) is 20.0 Å². The van der Waals surface area contributed by atoms with E-state index in [0.717, 1.165) is 28.8 Å². The van der Waals surface area contributed by atoms with E-state index in [1.165, 1.54) is 6.07 Å². The second-order valence-corrected chi connectivity index (χ2v) is 8.70. The molecule has 0 unspecified atom stereocenters. The number of hydrogen-bond donors (Lipinski definition) is 0. The van der Waals surface area contributed by atoms with E-state index in [9.17, 15) is 22.8 Å². The quantitative estimate of drug-likeness (QED) is 0.388. The molecule has 176 valence electrons. The summed E-state index contributed by atoms with van der Waals surface area (Å²) in [5.41, 5.74) is 1.66. The summed E-state index contributed by atoms with van der Waals surface area (Å²) in [4.78, 5) is 26.6. The van der Waals surface area contributed by atoms with E-state index in [0.29, 0.717) is 28.4 Å². The molecular formula is C25H21F3N2O3S. The first kappa shape index (κ1) is 23.7. The second-order valence-electron chi connectivity index (χ2n) is 7.70. The maximum atomic E-state index is 13.2. The Hall–Kier alpha value is -3.46. The predicted molar refractivity (Wildman–Crippen MR) is 125 cm³/mol. The molecule has 34 heavy (non-hydrogen) atoms. The Kier molecular flexibility index (Phi) is 6.56. The van der Waals surface area contributed by atoms with E-state index in [1.54, 1.807) is 48.8 Å². The zero-order chi connectivity index (χ0) is 24.5.